The SMILES string of the molecule is C=CC(=O)Nc1cccc(N2C3=NCCN3C(=O)c3cnc(Nc4ccc(N5CCN(C)CC5)cc4)nc32)c1. The number of carbonyl (C=O) groups is 2. The lowest BCUT2D eigenvalue weighted by molar-refractivity contribution is -0.111. The van der Waals surface area contributed by atoms with Crippen molar-refractivity contribution in [2.45, 2.75) is 0 Å². The molecular formula is C28H29N9O2. The molecule has 0 saturated carbocycles. The molecule has 6 rings (SSSR count). The Morgan fingerprint density at radius 1 is 1.00 bits per heavy atom. The van der Waals surface area contributed by atoms with E-state index in [0.29, 0.717) is 47.8 Å². The Kier molecular flexibility index (Phi) is 6.41. The number of guanidine groups is 1. The average Bonchev–Trinajstić information content (AvgIpc) is 3.44. The summed E-state index contributed by atoms with van der Waals surface area (Å²) >= 11 is 0. The van der Waals surface area contributed by atoms with Gasteiger partial charge in [-0.3, -0.25) is 24.4 Å². The predicted molar refractivity (Wildman–Crippen MR) is 152 cm³/mol. The number of aliphatic imine (C=N–C) groups is 1. The lowest BCUT2D eigenvalue weighted by Crippen LogP contribution is -2.48. The highest BCUT2D eigenvalue weighted by molar-refractivity contribution is 6.21. The number of hydrogen-bond acceptors (Lipinski definition) is 9. The fourth-order valence-corrected chi connectivity index (χ4v) is 4.92. The lowest BCUT2D eigenvalue weighted by atomic mass is 10.1. The monoisotopic (exact) mass is 523 g/mol. The fourth-order valence-electron chi connectivity index (χ4n) is 4.92. The van der Waals surface area contributed by atoms with Crippen molar-refractivity contribution in [2.24, 2.45) is 4.99 Å². The van der Waals surface area contributed by atoms with Crippen molar-refractivity contribution in [1.82, 2.24) is 19.8 Å². The normalized spacial score (nSPS) is 16.9. The van der Waals surface area contributed by atoms with Gasteiger partial charge in [0.05, 0.1) is 12.2 Å². The van der Waals surface area contributed by atoms with Crippen molar-refractivity contribution in [3.8, 4) is 0 Å². The van der Waals surface area contributed by atoms with E-state index in [0.717, 1.165) is 31.9 Å². The number of anilines is 6. The third-order valence-electron chi connectivity index (χ3n) is 7.02. The van der Waals surface area contributed by atoms with Gasteiger partial charge >= 0.3 is 0 Å². The number of rotatable bonds is 6. The molecule has 2 N–H and O–H groups in total. The largest absolute Gasteiger partial charge is 0.369 e. The van der Waals surface area contributed by atoms with Crippen molar-refractivity contribution < 1.29 is 9.59 Å². The summed E-state index contributed by atoms with van der Waals surface area (Å²) in [5.74, 6) is 0.795. The predicted octanol–water partition coefficient (Wildman–Crippen LogP) is 3.06. The molecule has 3 aliphatic rings. The van der Waals surface area contributed by atoms with Crippen LogP contribution < -0.4 is 20.4 Å². The zero-order chi connectivity index (χ0) is 26.9. The van der Waals surface area contributed by atoms with E-state index in [-0.39, 0.29) is 11.8 Å². The van der Waals surface area contributed by atoms with Gasteiger partial charge in [0.15, 0.2) is 5.82 Å². The first-order valence-corrected chi connectivity index (χ1v) is 12.9. The smallest absolute Gasteiger partial charge is 0.266 e. The highest BCUT2D eigenvalue weighted by Crippen LogP contribution is 2.36. The van der Waals surface area contributed by atoms with Crippen molar-refractivity contribution in [2.75, 3.05) is 66.7 Å². The maximum Gasteiger partial charge on any atom is 0.266 e. The van der Waals surface area contributed by atoms with E-state index in [1.54, 1.807) is 17.2 Å². The van der Waals surface area contributed by atoms with E-state index in [2.05, 4.69) is 56.2 Å². The number of fused-ring (bicyclic) bond motifs is 2. The summed E-state index contributed by atoms with van der Waals surface area (Å²) in [6.45, 7) is 8.58. The number of nitrogens with one attached hydrogen (secondary N) is 2. The molecule has 3 aromatic rings. The van der Waals surface area contributed by atoms with E-state index in [9.17, 15) is 9.59 Å². The molecule has 11 nitrogen and oxygen atoms in total. The molecule has 2 amide bonds. The Morgan fingerprint density at radius 3 is 2.56 bits per heavy atom. The third kappa shape index (κ3) is 4.79. The standard InChI is InChI=1S/C28H29N9O2/c1-3-24(38)31-20-5-4-6-22(17-20)37-25-23(26(39)36-12-11-29-28(36)37)18-30-27(33-25)32-19-7-9-21(10-8-19)35-15-13-34(2)14-16-35/h3-10,17-18H,1,11-16H2,2H3,(H,31,38)(H,30,32,33). The number of carbonyl (C=O) groups excluding carboxylic acids is 2. The topological polar surface area (TPSA) is 109 Å². The van der Waals surface area contributed by atoms with Crippen LogP contribution in [0.1, 0.15) is 10.4 Å². The van der Waals surface area contributed by atoms with Crippen LogP contribution in [0.5, 0.6) is 0 Å². The second kappa shape index (κ2) is 10.2. The molecule has 2 aromatic carbocycles. The van der Waals surface area contributed by atoms with Gasteiger partial charge in [0, 0.05) is 56.0 Å². The highest BCUT2D eigenvalue weighted by Gasteiger charge is 2.39. The molecule has 0 bridgehead atoms. The molecule has 0 aliphatic carbocycles. The van der Waals surface area contributed by atoms with Gasteiger partial charge < -0.3 is 20.4 Å². The van der Waals surface area contributed by atoms with Crippen LogP contribution in [0.2, 0.25) is 0 Å². The summed E-state index contributed by atoms with van der Waals surface area (Å²) in [5, 5.41) is 6.06. The molecule has 3 aliphatic heterocycles. The lowest BCUT2D eigenvalue weighted by Gasteiger charge is -2.35. The van der Waals surface area contributed by atoms with E-state index in [4.69, 9.17) is 4.98 Å². The van der Waals surface area contributed by atoms with Gasteiger partial charge in [0.2, 0.25) is 17.8 Å². The Balaban J connectivity index is 1.30. The minimum atomic E-state index is -0.311. The molecule has 0 unspecified atom stereocenters. The van der Waals surface area contributed by atoms with Gasteiger partial charge in [-0.15, -0.1) is 0 Å². The van der Waals surface area contributed by atoms with Crippen LogP contribution in [0.4, 0.5) is 34.5 Å². The van der Waals surface area contributed by atoms with Gasteiger partial charge in [-0.05, 0) is 55.6 Å². The number of benzene rings is 2. The van der Waals surface area contributed by atoms with E-state index in [1.165, 1.54) is 11.8 Å². The minimum Gasteiger partial charge on any atom is -0.369 e. The first-order chi connectivity index (χ1) is 19.0. The van der Waals surface area contributed by atoms with Crippen LogP contribution in [0.3, 0.4) is 0 Å². The molecular weight excluding hydrogens is 494 g/mol. The van der Waals surface area contributed by atoms with Crippen LogP contribution in [0.15, 0.2) is 72.4 Å². The second-order valence-corrected chi connectivity index (χ2v) is 9.61. The maximum atomic E-state index is 13.2. The first-order valence-electron chi connectivity index (χ1n) is 12.9. The summed E-state index contributed by atoms with van der Waals surface area (Å²) in [6.07, 6.45) is 2.77. The molecule has 0 radical (unpaired) electrons. The first kappa shape index (κ1) is 24.6. The number of amides is 2. The van der Waals surface area contributed by atoms with Crippen LogP contribution in [-0.4, -0.2) is 83.9 Å². The molecule has 1 fully saturated rings. The zero-order valence-corrected chi connectivity index (χ0v) is 21.7. The molecule has 39 heavy (non-hydrogen) atoms. The average molecular weight is 524 g/mol. The third-order valence-corrected chi connectivity index (χ3v) is 7.02. The number of nitrogens with zero attached hydrogens (tertiary/aromatic N) is 7. The molecule has 198 valence electrons. The van der Waals surface area contributed by atoms with Crippen molar-refractivity contribution in [3.05, 3.63) is 72.9 Å². The zero-order valence-electron chi connectivity index (χ0n) is 21.7. The van der Waals surface area contributed by atoms with E-state index in [1.807, 2.05) is 35.2 Å². The van der Waals surface area contributed by atoms with Crippen molar-refractivity contribution >= 4 is 52.3 Å². The number of likely N-dealkylation sites (N-methyl/N-ethyl adjacent to an activating group) is 1. The number of aromatic nitrogens is 2. The molecule has 4 heterocycles. The molecule has 1 saturated heterocycles. The second-order valence-electron chi connectivity index (χ2n) is 9.61. The van der Waals surface area contributed by atoms with Gasteiger partial charge in [-0.2, -0.15) is 4.98 Å². The van der Waals surface area contributed by atoms with Gasteiger partial charge in [0.1, 0.15) is 5.56 Å². The summed E-state index contributed by atoms with van der Waals surface area (Å²) in [7, 11) is 2.14. The fraction of sp³-hybridized carbons (Fsp3) is 0.250. The number of hydrogen-bond donors (Lipinski definition) is 2. The molecule has 11 heteroatoms. The van der Waals surface area contributed by atoms with Crippen LogP contribution in [-0.2, 0) is 4.79 Å². The molecule has 0 spiro atoms. The molecule has 0 atom stereocenters. The highest BCUT2D eigenvalue weighted by atomic mass is 16.2. The summed E-state index contributed by atoms with van der Waals surface area (Å²) in [5.41, 5.74) is 3.70. The van der Waals surface area contributed by atoms with Crippen LogP contribution >= 0.6 is 0 Å². The summed E-state index contributed by atoms with van der Waals surface area (Å²) in [6, 6.07) is 15.5. The Labute approximate surface area is 226 Å². The van der Waals surface area contributed by atoms with E-state index < -0.39 is 0 Å². The molecule has 1 aromatic heterocycles. The van der Waals surface area contributed by atoms with Crippen molar-refractivity contribution in [1.29, 1.82) is 0 Å². The van der Waals surface area contributed by atoms with E-state index >= 15 is 0 Å². The minimum absolute atomic E-state index is 0.184. The van der Waals surface area contributed by atoms with Gasteiger partial charge in [0.25, 0.3) is 5.91 Å². The van der Waals surface area contributed by atoms with Gasteiger partial charge in [-0.25, -0.2) is 4.98 Å². The number of piperazine rings is 1. The van der Waals surface area contributed by atoms with Crippen LogP contribution in [0.25, 0.3) is 0 Å². The summed E-state index contributed by atoms with van der Waals surface area (Å²) < 4.78 is 0. The quantitative estimate of drug-likeness (QED) is 0.475. The van der Waals surface area contributed by atoms with Crippen LogP contribution in [0, 0.1) is 0 Å². The maximum absolute atomic E-state index is 13.2. The van der Waals surface area contributed by atoms with Crippen molar-refractivity contribution in [3.63, 3.8) is 0 Å². The Morgan fingerprint density at radius 2 is 1.79 bits per heavy atom. The summed E-state index contributed by atoms with van der Waals surface area (Å²) in [4.78, 5) is 47.1. The Bertz CT molecular complexity index is 1460. The van der Waals surface area contributed by atoms with Gasteiger partial charge in [-0.1, -0.05) is 12.6 Å². The Hall–Kier alpha value is -4.77.